The van der Waals surface area contributed by atoms with Gasteiger partial charge in [0, 0.05) is 6.42 Å². The minimum absolute atomic E-state index is 0.0337. The summed E-state index contributed by atoms with van der Waals surface area (Å²) in [7, 11) is -4.39. The molecule has 0 radical (unpaired) electrons. The van der Waals surface area contributed by atoms with Crippen molar-refractivity contribution < 1.29 is 13.0 Å². The van der Waals surface area contributed by atoms with Crippen molar-refractivity contribution in [3.8, 4) is 0 Å². The Bertz CT molecular complexity index is 355. The number of rotatable bonds is 3. The summed E-state index contributed by atoms with van der Waals surface area (Å²) >= 11 is 0. The van der Waals surface area contributed by atoms with Gasteiger partial charge in [-0.2, -0.15) is 8.42 Å². The van der Waals surface area contributed by atoms with E-state index in [1.54, 1.807) is 6.08 Å². The first-order chi connectivity index (χ1) is 6.02. The normalized spacial score (nSPS) is 27.2. The van der Waals surface area contributed by atoms with Crippen molar-refractivity contribution >= 4 is 10.1 Å². The second kappa shape index (κ2) is 3.27. The van der Waals surface area contributed by atoms with E-state index >= 15 is 0 Å². The van der Waals surface area contributed by atoms with E-state index in [2.05, 4.69) is 5.29 Å². The summed E-state index contributed by atoms with van der Waals surface area (Å²) in [6, 6.07) is 0. The lowest BCUT2D eigenvalue weighted by Gasteiger charge is -2.25. The van der Waals surface area contributed by atoms with Crippen LogP contribution in [0.1, 0.15) is 6.42 Å². The Labute approximate surface area is 75.0 Å². The SMILES string of the molecule is O=NNC1(S(=O)(=O)O)C=CC=CC1. The minimum Gasteiger partial charge on any atom is -0.283 e. The van der Waals surface area contributed by atoms with Crippen molar-refractivity contribution in [2.75, 3.05) is 0 Å². The van der Waals surface area contributed by atoms with Gasteiger partial charge in [0.2, 0.25) is 4.87 Å². The van der Waals surface area contributed by atoms with E-state index in [1.165, 1.54) is 18.2 Å². The number of nitrogens with zero attached hydrogens (tertiary/aromatic N) is 1. The summed E-state index contributed by atoms with van der Waals surface area (Å²) in [6.07, 6.45) is 5.66. The third-order valence-electron chi connectivity index (χ3n) is 1.73. The molecule has 6 nitrogen and oxygen atoms in total. The average molecular weight is 204 g/mol. The Hall–Kier alpha value is -1.21. The molecule has 1 aliphatic rings. The topological polar surface area (TPSA) is 95.8 Å². The second-order valence-electron chi connectivity index (χ2n) is 2.56. The molecule has 0 aromatic carbocycles. The van der Waals surface area contributed by atoms with E-state index < -0.39 is 15.0 Å². The van der Waals surface area contributed by atoms with Crippen LogP contribution in [0.15, 0.2) is 29.6 Å². The molecular weight excluding hydrogens is 196 g/mol. The van der Waals surface area contributed by atoms with E-state index in [4.69, 9.17) is 4.55 Å². The summed E-state index contributed by atoms with van der Waals surface area (Å²) in [6.45, 7) is 0. The Morgan fingerprint density at radius 1 is 1.46 bits per heavy atom. The highest BCUT2D eigenvalue weighted by molar-refractivity contribution is 7.87. The van der Waals surface area contributed by atoms with Crippen molar-refractivity contribution in [3.63, 3.8) is 0 Å². The fourth-order valence-corrected chi connectivity index (χ4v) is 1.72. The third kappa shape index (κ3) is 1.76. The van der Waals surface area contributed by atoms with E-state index in [0.717, 1.165) is 0 Å². The van der Waals surface area contributed by atoms with Crippen LogP contribution in [0.3, 0.4) is 0 Å². The first kappa shape index (κ1) is 9.87. The van der Waals surface area contributed by atoms with Crippen LogP contribution in [0.5, 0.6) is 0 Å². The minimum atomic E-state index is -4.39. The highest BCUT2D eigenvalue weighted by Gasteiger charge is 2.40. The lowest BCUT2D eigenvalue weighted by molar-refractivity contribution is 0.416. The fourth-order valence-electron chi connectivity index (χ4n) is 1.01. The molecule has 72 valence electrons. The quantitative estimate of drug-likeness (QED) is 0.393. The van der Waals surface area contributed by atoms with E-state index in [1.807, 2.05) is 5.43 Å². The zero-order chi connectivity index (χ0) is 9.95. The molecule has 1 aliphatic carbocycles. The van der Waals surface area contributed by atoms with Crippen molar-refractivity contribution in [1.29, 1.82) is 0 Å². The number of hydrogen-bond donors (Lipinski definition) is 2. The molecular formula is C6H8N2O4S. The maximum Gasteiger partial charge on any atom is 0.294 e. The third-order valence-corrected chi connectivity index (χ3v) is 3.04. The van der Waals surface area contributed by atoms with Crippen LogP contribution >= 0.6 is 0 Å². The summed E-state index contributed by atoms with van der Waals surface area (Å²) < 4.78 is 30.7. The molecule has 13 heavy (non-hydrogen) atoms. The standard InChI is InChI=1S/C6H8N2O4S/c9-8-7-6(13(10,11)12)4-2-1-3-5-6/h1-4H,5H2,(H,7,9)(H,10,11,12). The summed E-state index contributed by atoms with van der Waals surface area (Å²) in [5.41, 5.74) is 1.83. The van der Waals surface area contributed by atoms with Gasteiger partial charge >= 0.3 is 0 Å². The smallest absolute Gasteiger partial charge is 0.283 e. The van der Waals surface area contributed by atoms with Crippen molar-refractivity contribution in [2.45, 2.75) is 11.3 Å². The first-order valence-corrected chi connectivity index (χ1v) is 4.87. The molecule has 0 aromatic heterocycles. The van der Waals surface area contributed by atoms with Crippen molar-refractivity contribution in [3.05, 3.63) is 29.2 Å². The number of allylic oxidation sites excluding steroid dienone is 2. The number of nitroso groups, excluding NO2 is 1. The van der Waals surface area contributed by atoms with Crippen LogP contribution in [-0.4, -0.2) is 17.8 Å². The lowest BCUT2D eigenvalue weighted by atomic mass is 10.1. The molecule has 0 saturated carbocycles. The zero-order valence-corrected chi connectivity index (χ0v) is 7.36. The van der Waals surface area contributed by atoms with Crippen molar-refractivity contribution in [1.82, 2.24) is 5.43 Å². The molecule has 1 unspecified atom stereocenters. The van der Waals surface area contributed by atoms with Crippen molar-refractivity contribution in [2.24, 2.45) is 5.29 Å². The van der Waals surface area contributed by atoms with Crippen LogP contribution < -0.4 is 5.43 Å². The Kier molecular flexibility index (Phi) is 2.48. The molecule has 0 aliphatic heterocycles. The van der Waals surface area contributed by atoms with Gasteiger partial charge in [-0.25, -0.2) is 5.43 Å². The molecule has 2 N–H and O–H groups in total. The Balaban J connectivity index is 3.09. The Morgan fingerprint density at radius 3 is 2.54 bits per heavy atom. The predicted molar refractivity (Wildman–Crippen MR) is 46.1 cm³/mol. The molecule has 0 fully saturated rings. The molecule has 1 atom stereocenters. The zero-order valence-electron chi connectivity index (χ0n) is 6.54. The Morgan fingerprint density at radius 2 is 2.15 bits per heavy atom. The maximum absolute atomic E-state index is 10.9. The molecule has 0 heterocycles. The van der Waals surface area contributed by atoms with E-state index in [9.17, 15) is 13.3 Å². The van der Waals surface area contributed by atoms with E-state index in [-0.39, 0.29) is 6.42 Å². The van der Waals surface area contributed by atoms with Gasteiger partial charge in [-0.3, -0.25) is 4.55 Å². The van der Waals surface area contributed by atoms with Gasteiger partial charge < -0.3 is 0 Å². The highest BCUT2D eigenvalue weighted by atomic mass is 32.2. The van der Waals surface area contributed by atoms with Gasteiger partial charge in [0.25, 0.3) is 10.1 Å². The van der Waals surface area contributed by atoms with Crippen LogP contribution in [0, 0.1) is 4.91 Å². The van der Waals surface area contributed by atoms with Crippen LogP contribution in [-0.2, 0) is 10.1 Å². The van der Waals surface area contributed by atoms with Gasteiger partial charge in [-0.05, 0) is 6.08 Å². The van der Waals surface area contributed by atoms with Crippen LogP contribution in [0.25, 0.3) is 0 Å². The first-order valence-electron chi connectivity index (χ1n) is 3.43. The van der Waals surface area contributed by atoms with Gasteiger partial charge in [0.15, 0.2) is 0 Å². The molecule has 1 rings (SSSR count). The predicted octanol–water partition coefficient (Wildman–Crippen LogP) is 0.358. The fraction of sp³-hybridized carbons (Fsp3) is 0.333. The number of hydrogen-bond acceptors (Lipinski definition) is 4. The second-order valence-corrected chi connectivity index (χ2v) is 4.24. The molecule has 0 amide bonds. The molecule has 0 aromatic rings. The molecule has 0 bridgehead atoms. The van der Waals surface area contributed by atoms with Gasteiger partial charge in [0.05, 0.1) is 5.29 Å². The maximum atomic E-state index is 10.9. The van der Waals surface area contributed by atoms with Crippen LogP contribution in [0.2, 0.25) is 0 Å². The summed E-state index contributed by atoms with van der Waals surface area (Å²) in [5, 5.41) is 2.27. The summed E-state index contributed by atoms with van der Waals surface area (Å²) in [4.78, 5) is 8.13. The van der Waals surface area contributed by atoms with Gasteiger partial charge in [-0.1, -0.05) is 18.2 Å². The monoisotopic (exact) mass is 204 g/mol. The molecule has 7 heteroatoms. The summed E-state index contributed by atoms with van der Waals surface area (Å²) in [5.74, 6) is 0. The number of nitrogens with one attached hydrogen (secondary N) is 1. The average Bonchev–Trinajstić information content (AvgIpc) is 2.04. The molecule has 0 saturated heterocycles. The van der Waals surface area contributed by atoms with E-state index in [0.29, 0.717) is 0 Å². The molecule has 0 spiro atoms. The van der Waals surface area contributed by atoms with Gasteiger partial charge in [-0.15, -0.1) is 4.91 Å². The highest BCUT2D eigenvalue weighted by Crippen LogP contribution is 2.23. The lowest BCUT2D eigenvalue weighted by Crippen LogP contribution is -2.47. The van der Waals surface area contributed by atoms with Gasteiger partial charge in [0.1, 0.15) is 0 Å². The largest absolute Gasteiger partial charge is 0.294 e. The van der Waals surface area contributed by atoms with Crippen LogP contribution in [0.4, 0.5) is 0 Å².